The molecule has 1 aliphatic heterocycles. The number of fused-ring (bicyclic) bond motifs is 2. The molecule has 0 bridgehead atoms. The first-order valence-corrected chi connectivity index (χ1v) is 14.2. The third-order valence-corrected chi connectivity index (χ3v) is 9.34. The molecule has 2 aliphatic rings. The van der Waals surface area contributed by atoms with Gasteiger partial charge >= 0.3 is 0 Å². The van der Waals surface area contributed by atoms with Crippen LogP contribution in [-0.2, 0) is 17.6 Å². The molecule has 0 fully saturated rings. The van der Waals surface area contributed by atoms with Crippen LogP contribution in [0.15, 0.2) is 71.1 Å². The zero-order valence-electron chi connectivity index (χ0n) is 20.7. The Balaban J connectivity index is 1.09. The Morgan fingerprint density at radius 2 is 1.82 bits per heavy atom. The number of thiazole rings is 1. The Morgan fingerprint density at radius 3 is 2.65 bits per heavy atom. The van der Waals surface area contributed by atoms with E-state index in [1.54, 1.807) is 18.2 Å². The van der Waals surface area contributed by atoms with Gasteiger partial charge in [0.25, 0.3) is 17.5 Å². The van der Waals surface area contributed by atoms with Gasteiger partial charge in [0.15, 0.2) is 4.34 Å². The van der Waals surface area contributed by atoms with Crippen LogP contribution in [0.2, 0.25) is 0 Å². The van der Waals surface area contributed by atoms with E-state index in [0.717, 1.165) is 33.5 Å². The number of imide groups is 1. The van der Waals surface area contributed by atoms with Gasteiger partial charge in [0, 0.05) is 17.1 Å². The highest BCUT2D eigenvalue weighted by Crippen LogP contribution is 2.38. The molecule has 1 N–H and O–H groups in total. The van der Waals surface area contributed by atoms with Crippen molar-refractivity contribution in [1.82, 2.24) is 4.98 Å². The molecule has 1 aromatic heterocycles. The van der Waals surface area contributed by atoms with Crippen LogP contribution >= 0.6 is 23.1 Å². The van der Waals surface area contributed by atoms with Crippen molar-refractivity contribution in [1.29, 1.82) is 0 Å². The molecule has 7 rings (SSSR count). The number of aromatic nitrogens is 1. The van der Waals surface area contributed by atoms with Crippen molar-refractivity contribution in [3.05, 3.63) is 99.1 Å². The number of anilines is 2. The molecule has 40 heavy (non-hydrogen) atoms. The molecule has 9 nitrogen and oxygen atoms in total. The lowest BCUT2D eigenvalue weighted by atomic mass is 10.0. The van der Waals surface area contributed by atoms with Crippen LogP contribution in [0.3, 0.4) is 0 Å². The average molecular weight is 567 g/mol. The second-order valence-electron chi connectivity index (χ2n) is 9.48. The summed E-state index contributed by atoms with van der Waals surface area (Å²) in [4.78, 5) is 55.2. The Bertz CT molecular complexity index is 1940. The summed E-state index contributed by atoms with van der Waals surface area (Å²) >= 11 is 2.65. The van der Waals surface area contributed by atoms with Crippen LogP contribution in [0.25, 0.3) is 21.0 Å². The Kier molecular flexibility index (Phi) is 5.65. The predicted molar refractivity (Wildman–Crippen MR) is 155 cm³/mol. The summed E-state index contributed by atoms with van der Waals surface area (Å²) in [5.74, 6) is -1.32. The molecule has 0 unspecified atom stereocenters. The SMILES string of the molecule is O=C(CSc1nc2ccc(N3C(=O)c4cccc([N+](=O)[O-])c4C3=O)cc2s1)Nc1ccc2c3c(cccc13)CC2. The second kappa shape index (κ2) is 9.25. The van der Waals surface area contributed by atoms with Gasteiger partial charge in [0.2, 0.25) is 5.91 Å². The number of thioether (sulfide) groups is 1. The highest BCUT2D eigenvalue weighted by molar-refractivity contribution is 8.01. The van der Waals surface area contributed by atoms with E-state index in [9.17, 15) is 24.5 Å². The first-order valence-electron chi connectivity index (χ1n) is 12.4. The number of carbonyl (C=O) groups is 3. The molecule has 0 atom stereocenters. The molecule has 3 amide bonds. The van der Waals surface area contributed by atoms with E-state index in [0.29, 0.717) is 15.5 Å². The minimum absolute atomic E-state index is 0.00566. The maximum absolute atomic E-state index is 13.1. The number of nitrogens with zero attached hydrogens (tertiary/aromatic N) is 3. The van der Waals surface area contributed by atoms with E-state index in [-0.39, 0.29) is 22.8 Å². The van der Waals surface area contributed by atoms with Crippen molar-refractivity contribution in [2.24, 2.45) is 0 Å². The topological polar surface area (TPSA) is 123 Å². The van der Waals surface area contributed by atoms with Gasteiger partial charge in [-0.3, -0.25) is 24.5 Å². The predicted octanol–water partition coefficient (Wildman–Crippen LogP) is 5.99. The van der Waals surface area contributed by atoms with E-state index in [4.69, 9.17) is 0 Å². The first kappa shape index (κ1) is 24.4. The van der Waals surface area contributed by atoms with Crippen molar-refractivity contribution >= 4 is 78.9 Å². The maximum atomic E-state index is 13.1. The lowest BCUT2D eigenvalue weighted by Gasteiger charge is -2.13. The highest BCUT2D eigenvalue weighted by atomic mass is 32.2. The van der Waals surface area contributed by atoms with Gasteiger partial charge in [-0.2, -0.15) is 0 Å². The van der Waals surface area contributed by atoms with Gasteiger partial charge < -0.3 is 5.32 Å². The summed E-state index contributed by atoms with van der Waals surface area (Å²) in [6.07, 6.45) is 2.04. The summed E-state index contributed by atoms with van der Waals surface area (Å²) in [6.45, 7) is 0. The Morgan fingerprint density at radius 1 is 1.02 bits per heavy atom. The number of nitro benzene ring substituents is 1. The standard InChI is InChI=1S/C29H18N4O5S2/c34-24(30-20-11-9-16-8-7-15-3-1-4-18(20)25(15)16)14-39-29-31-21-12-10-17(13-23(21)40-29)32-27(35)19-5-2-6-22(33(37)38)26(19)28(32)36/h1-6,9-13H,7-8,14H2,(H,30,34). The van der Waals surface area contributed by atoms with Gasteiger partial charge in [0.05, 0.1) is 32.1 Å². The van der Waals surface area contributed by atoms with Crippen LogP contribution in [0.5, 0.6) is 0 Å². The van der Waals surface area contributed by atoms with Crippen molar-refractivity contribution in [3.8, 4) is 0 Å². The summed E-state index contributed by atoms with van der Waals surface area (Å²) in [5, 5.41) is 16.7. The normalized spacial score (nSPS) is 13.8. The molecule has 11 heteroatoms. The molecule has 4 aromatic carbocycles. The molecular formula is C29H18N4O5S2. The van der Waals surface area contributed by atoms with Crippen LogP contribution in [0.1, 0.15) is 31.8 Å². The second-order valence-corrected chi connectivity index (χ2v) is 11.7. The molecule has 0 saturated carbocycles. The van der Waals surface area contributed by atoms with Crippen LogP contribution < -0.4 is 10.2 Å². The van der Waals surface area contributed by atoms with Crippen molar-refractivity contribution in [3.63, 3.8) is 0 Å². The first-order chi connectivity index (χ1) is 19.4. The van der Waals surface area contributed by atoms with Gasteiger partial charge in [-0.1, -0.05) is 42.1 Å². The fourth-order valence-corrected chi connectivity index (χ4v) is 7.32. The van der Waals surface area contributed by atoms with Crippen LogP contribution in [0, 0.1) is 10.1 Å². The monoisotopic (exact) mass is 566 g/mol. The quantitative estimate of drug-likeness (QED) is 0.116. The third kappa shape index (κ3) is 3.85. The number of hydrogen-bond acceptors (Lipinski definition) is 8. The van der Waals surface area contributed by atoms with E-state index < -0.39 is 22.4 Å². The molecule has 0 spiro atoms. The molecule has 1 aliphatic carbocycles. The lowest BCUT2D eigenvalue weighted by molar-refractivity contribution is -0.385. The van der Waals surface area contributed by atoms with Gasteiger partial charge in [-0.15, -0.1) is 11.3 Å². The van der Waals surface area contributed by atoms with Crippen molar-refractivity contribution < 1.29 is 19.3 Å². The molecule has 2 heterocycles. The fraction of sp³-hybridized carbons (Fsp3) is 0.103. The zero-order valence-corrected chi connectivity index (χ0v) is 22.3. The number of nitrogens with one attached hydrogen (secondary N) is 1. The smallest absolute Gasteiger partial charge is 0.283 e. The Labute approximate surface area is 235 Å². The summed E-state index contributed by atoms with van der Waals surface area (Å²) in [7, 11) is 0. The summed E-state index contributed by atoms with van der Waals surface area (Å²) < 4.78 is 1.39. The largest absolute Gasteiger partial charge is 0.325 e. The van der Waals surface area contributed by atoms with Gasteiger partial charge in [0.1, 0.15) is 5.56 Å². The van der Waals surface area contributed by atoms with Crippen LogP contribution in [0.4, 0.5) is 17.1 Å². The third-order valence-electron chi connectivity index (χ3n) is 7.18. The minimum atomic E-state index is -0.731. The van der Waals surface area contributed by atoms with Crippen molar-refractivity contribution in [2.45, 2.75) is 17.2 Å². The summed E-state index contributed by atoms with van der Waals surface area (Å²) in [5.41, 5.74) is 3.78. The number of aryl methyl sites for hydroxylation is 2. The number of amides is 3. The average Bonchev–Trinajstić information content (AvgIpc) is 3.63. The maximum Gasteiger partial charge on any atom is 0.283 e. The Hall–Kier alpha value is -4.61. The van der Waals surface area contributed by atoms with Crippen LogP contribution in [-0.4, -0.2) is 33.4 Å². The molecule has 0 saturated heterocycles. The molecule has 5 aromatic rings. The van der Waals surface area contributed by atoms with E-state index >= 15 is 0 Å². The molecule has 0 radical (unpaired) electrons. The van der Waals surface area contributed by atoms with E-state index in [1.165, 1.54) is 57.8 Å². The number of carbonyl (C=O) groups excluding carboxylic acids is 3. The number of benzene rings is 4. The van der Waals surface area contributed by atoms with E-state index in [2.05, 4.69) is 22.4 Å². The lowest BCUT2D eigenvalue weighted by Crippen LogP contribution is -2.29. The van der Waals surface area contributed by atoms with Gasteiger partial charge in [-0.25, -0.2) is 9.88 Å². The summed E-state index contributed by atoms with van der Waals surface area (Å²) in [6, 6.07) is 19.2. The van der Waals surface area contributed by atoms with Gasteiger partial charge in [-0.05, 0) is 59.7 Å². The minimum Gasteiger partial charge on any atom is -0.325 e. The molecular weight excluding hydrogens is 548 g/mol. The molecule has 196 valence electrons. The fourth-order valence-electron chi connectivity index (χ4n) is 5.42. The van der Waals surface area contributed by atoms with Crippen molar-refractivity contribution in [2.75, 3.05) is 16.0 Å². The number of nitro groups is 1. The van der Waals surface area contributed by atoms with E-state index in [1.807, 2.05) is 18.2 Å². The number of rotatable bonds is 6. The highest BCUT2D eigenvalue weighted by Gasteiger charge is 2.41. The zero-order chi connectivity index (χ0) is 27.5. The number of hydrogen-bond donors (Lipinski definition) is 1.